The Morgan fingerprint density at radius 3 is 2.78 bits per heavy atom. The van der Waals surface area contributed by atoms with Crippen molar-refractivity contribution in [1.82, 2.24) is 5.32 Å². The van der Waals surface area contributed by atoms with Crippen molar-refractivity contribution < 1.29 is 9.72 Å². The molecule has 3 N–H and O–H groups in total. The lowest BCUT2D eigenvalue weighted by Gasteiger charge is -2.31. The van der Waals surface area contributed by atoms with E-state index >= 15 is 0 Å². The molecular formula is C16H24ClN3O3. The van der Waals surface area contributed by atoms with Gasteiger partial charge in [-0.15, -0.1) is 12.4 Å². The number of nitro benzene ring substituents is 1. The zero-order valence-electron chi connectivity index (χ0n) is 13.1. The third-order valence-electron chi connectivity index (χ3n) is 4.32. The number of hydrogen-bond donors (Lipinski definition) is 2. The Balaban J connectivity index is 0.00000264. The van der Waals surface area contributed by atoms with Crippen molar-refractivity contribution in [3.63, 3.8) is 0 Å². The molecule has 1 aromatic carbocycles. The summed E-state index contributed by atoms with van der Waals surface area (Å²) in [5.41, 5.74) is 6.64. The summed E-state index contributed by atoms with van der Waals surface area (Å²) in [5.74, 6) is 0.368. The van der Waals surface area contributed by atoms with Crippen LogP contribution in [0, 0.1) is 16.0 Å². The van der Waals surface area contributed by atoms with Gasteiger partial charge >= 0.3 is 0 Å². The van der Waals surface area contributed by atoms with E-state index in [2.05, 4.69) is 5.32 Å². The number of non-ortho nitro benzene ring substituents is 1. The SMILES string of the molecule is Cl.NCC1CCCCC1NC(=O)CCc1cccc([N+](=O)[O-])c1. The maximum Gasteiger partial charge on any atom is 0.269 e. The zero-order chi connectivity index (χ0) is 15.9. The lowest BCUT2D eigenvalue weighted by molar-refractivity contribution is -0.384. The van der Waals surface area contributed by atoms with E-state index in [1.54, 1.807) is 6.07 Å². The third-order valence-corrected chi connectivity index (χ3v) is 4.32. The number of amides is 1. The van der Waals surface area contributed by atoms with Crippen LogP contribution in [-0.2, 0) is 11.2 Å². The minimum atomic E-state index is -0.419. The van der Waals surface area contributed by atoms with Gasteiger partial charge in [-0.25, -0.2) is 0 Å². The van der Waals surface area contributed by atoms with Crippen LogP contribution in [0.15, 0.2) is 24.3 Å². The molecule has 1 fully saturated rings. The zero-order valence-corrected chi connectivity index (χ0v) is 13.9. The van der Waals surface area contributed by atoms with Crippen molar-refractivity contribution in [1.29, 1.82) is 0 Å². The molecule has 1 aromatic rings. The van der Waals surface area contributed by atoms with Gasteiger partial charge < -0.3 is 11.1 Å². The van der Waals surface area contributed by atoms with Crippen LogP contribution in [0.1, 0.15) is 37.7 Å². The molecule has 1 aliphatic rings. The first-order chi connectivity index (χ1) is 10.6. The van der Waals surface area contributed by atoms with Gasteiger partial charge in [0.1, 0.15) is 0 Å². The molecule has 0 heterocycles. The van der Waals surface area contributed by atoms with Gasteiger partial charge in [-0.1, -0.05) is 25.0 Å². The van der Waals surface area contributed by atoms with Gasteiger partial charge in [-0.05, 0) is 37.3 Å². The van der Waals surface area contributed by atoms with E-state index in [9.17, 15) is 14.9 Å². The molecule has 0 bridgehead atoms. The van der Waals surface area contributed by atoms with E-state index in [-0.39, 0.29) is 30.0 Å². The monoisotopic (exact) mass is 341 g/mol. The number of halogens is 1. The minimum Gasteiger partial charge on any atom is -0.353 e. The summed E-state index contributed by atoms with van der Waals surface area (Å²) in [5, 5.41) is 13.8. The molecule has 6 nitrogen and oxygen atoms in total. The fourth-order valence-electron chi connectivity index (χ4n) is 3.04. The second-order valence-electron chi connectivity index (χ2n) is 5.88. The van der Waals surface area contributed by atoms with Gasteiger partial charge in [-0.2, -0.15) is 0 Å². The summed E-state index contributed by atoms with van der Waals surface area (Å²) >= 11 is 0. The maximum atomic E-state index is 12.1. The van der Waals surface area contributed by atoms with E-state index < -0.39 is 4.92 Å². The molecular weight excluding hydrogens is 318 g/mol. The Hall–Kier alpha value is -1.66. The van der Waals surface area contributed by atoms with Crippen molar-refractivity contribution in [3.8, 4) is 0 Å². The number of nitrogens with zero attached hydrogens (tertiary/aromatic N) is 1. The van der Waals surface area contributed by atoms with Gasteiger partial charge in [0, 0.05) is 24.6 Å². The van der Waals surface area contributed by atoms with Crippen molar-refractivity contribution in [2.24, 2.45) is 11.7 Å². The number of aryl methyl sites for hydroxylation is 1. The molecule has 1 aliphatic carbocycles. The predicted molar refractivity (Wildman–Crippen MR) is 91.6 cm³/mol. The Kier molecular flexibility index (Phi) is 7.98. The average Bonchev–Trinajstić information content (AvgIpc) is 2.53. The molecule has 2 unspecified atom stereocenters. The molecule has 2 atom stereocenters. The number of nitro groups is 1. The van der Waals surface area contributed by atoms with E-state index in [0.717, 1.165) is 24.8 Å². The quantitative estimate of drug-likeness (QED) is 0.613. The average molecular weight is 342 g/mol. The first kappa shape index (κ1) is 19.4. The number of nitrogens with one attached hydrogen (secondary N) is 1. The van der Waals surface area contributed by atoms with Gasteiger partial charge in [0.25, 0.3) is 5.69 Å². The number of rotatable bonds is 6. The van der Waals surface area contributed by atoms with Crippen molar-refractivity contribution in [2.75, 3.05) is 6.54 Å². The van der Waals surface area contributed by atoms with Crippen LogP contribution in [0.4, 0.5) is 5.69 Å². The number of hydrogen-bond acceptors (Lipinski definition) is 4. The number of benzene rings is 1. The standard InChI is InChI=1S/C16H23N3O3.ClH/c17-11-13-5-1-2-7-15(13)18-16(20)9-8-12-4-3-6-14(10-12)19(21)22;/h3-4,6,10,13,15H,1-2,5,7-9,11,17H2,(H,18,20);1H. The van der Waals surface area contributed by atoms with E-state index in [1.807, 2.05) is 6.07 Å². The van der Waals surface area contributed by atoms with Crippen LogP contribution >= 0.6 is 12.4 Å². The second-order valence-corrected chi connectivity index (χ2v) is 5.88. The lowest BCUT2D eigenvalue weighted by Crippen LogP contribution is -2.44. The molecule has 1 amide bonds. The molecule has 0 aliphatic heterocycles. The fourth-order valence-corrected chi connectivity index (χ4v) is 3.04. The molecule has 0 radical (unpaired) electrons. The molecule has 2 rings (SSSR count). The summed E-state index contributed by atoms with van der Waals surface area (Å²) in [6.45, 7) is 0.607. The molecule has 0 saturated heterocycles. The van der Waals surface area contributed by atoms with Gasteiger partial charge in [0.05, 0.1) is 4.92 Å². The molecule has 23 heavy (non-hydrogen) atoms. The molecule has 0 spiro atoms. The summed E-state index contributed by atoms with van der Waals surface area (Å²) in [7, 11) is 0. The Morgan fingerprint density at radius 2 is 2.09 bits per heavy atom. The summed E-state index contributed by atoms with van der Waals surface area (Å²) < 4.78 is 0. The van der Waals surface area contributed by atoms with Crippen molar-refractivity contribution in [2.45, 2.75) is 44.6 Å². The molecule has 128 valence electrons. The normalized spacial score (nSPS) is 20.4. The van der Waals surface area contributed by atoms with Gasteiger partial charge in [-0.3, -0.25) is 14.9 Å². The van der Waals surface area contributed by atoms with Crippen LogP contribution in [0.5, 0.6) is 0 Å². The van der Waals surface area contributed by atoms with E-state index in [0.29, 0.717) is 25.3 Å². The summed E-state index contributed by atoms with van der Waals surface area (Å²) in [6, 6.07) is 6.62. The van der Waals surface area contributed by atoms with Crippen LogP contribution in [0.2, 0.25) is 0 Å². The lowest BCUT2D eigenvalue weighted by atomic mass is 9.84. The molecule has 1 saturated carbocycles. The van der Waals surface area contributed by atoms with Gasteiger partial charge in [0.2, 0.25) is 5.91 Å². The highest BCUT2D eigenvalue weighted by Gasteiger charge is 2.25. The first-order valence-electron chi connectivity index (χ1n) is 7.83. The number of carbonyl (C=O) groups excluding carboxylic acids is 1. The second kappa shape index (κ2) is 9.47. The highest BCUT2D eigenvalue weighted by atomic mass is 35.5. The van der Waals surface area contributed by atoms with Crippen LogP contribution in [0.25, 0.3) is 0 Å². The number of carbonyl (C=O) groups is 1. The van der Waals surface area contributed by atoms with Crippen molar-refractivity contribution in [3.05, 3.63) is 39.9 Å². The summed E-state index contributed by atoms with van der Waals surface area (Å²) in [6.07, 6.45) is 5.23. The van der Waals surface area contributed by atoms with Gasteiger partial charge in [0.15, 0.2) is 0 Å². The Bertz CT molecular complexity index is 539. The van der Waals surface area contributed by atoms with Crippen LogP contribution in [-0.4, -0.2) is 23.4 Å². The smallest absolute Gasteiger partial charge is 0.269 e. The third kappa shape index (κ3) is 5.80. The Morgan fingerprint density at radius 1 is 1.35 bits per heavy atom. The van der Waals surface area contributed by atoms with Crippen molar-refractivity contribution >= 4 is 24.0 Å². The molecule has 7 heteroatoms. The largest absolute Gasteiger partial charge is 0.353 e. The highest BCUT2D eigenvalue weighted by molar-refractivity contribution is 5.85. The van der Waals surface area contributed by atoms with E-state index in [4.69, 9.17) is 5.73 Å². The fraction of sp³-hybridized carbons (Fsp3) is 0.562. The number of nitrogens with two attached hydrogens (primary N) is 1. The van der Waals surface area contributed by atoms with Crippen LogP contribution in [0.3, 0.4) is 0 Å². The first-order valence-corrected chi connectivity index (χ1v) is 7.83. The summed E-state index contributed by atoms with van der Waals surface area (Å²) in [4.78, 5) is 22.4. The predicted octanol–water partition coefficient (Wildman–Crippen LogP) is 2.58. The Labute approximate surface area is 142 Å². The maximum absolute atomic E-state index is 12.1. The topological polar surface area (TPSA) is 98.3 Å². The minimum absolute atomic E-state index is 0. The van der Waals surface area contributed by atoms with E-state index in [1.165, 1.54) is 18.6 Å². The molecule has 0 aromatic heterocycles. The van der Waals surface area contributed by atoms with Crippen LogP contribution < -0.4 is 11.1 Å². The highest BCUT2D eigenvalue weighted by Crippen LogP contribution is 2.23.